The molecule has 0 aliphatic carbocycles. The Labute approximate surface area is 170 Å². The topological polar surface area (TPSA) is 84.5 Å². The molecule has 142 valence electrons. The minimum absolute atomic E-state index is 0.112. The monoisotopic (exact) mass is 450 g/mol. The van der Waals surface area contributed by atoms with E-state index in [-0.39, 0.29) is 18.2 Å². The third-order valence-electron chi connectivity index (χ3n) is 3.40. The molecule has 2 N–H and O–H groups in total. The highest BCUT2D eigenvalue weighted by atomic mass is 79.9. The van der Waals surface area contributed by atoms with E-state index in [2.05, 4.69) is 26.6 Å². The fourth-order valence-electron chi connectivity index (χ4n) is 2.03. The molecule has 2 aromatic carbocycles. The molecule has 2 amide bonds. The number of esters is 1. The van der Waals surface area contributed by atoms with E-state index in [0.717, 1.165) is 14.9 Å². The van der Waals surface area contributed by atoms with Crippen molar-refractivity contribution in [2.45, 2.75) is 11.8 Å². The number of anilines is 1. The Morgan fingerprint density at radius 1 is 1.04 bits per heavy atom. The fourth-order valence-corrected chi connectivity index (χ4v) is 3.24. The molecule has 8 heteroatoms. The first-order valence-corrected chi connectivity index (χ1v) is 9.88. The van der Waals surface area contributed by atoms with Crippen molar-refractivity contribution in [1.82, 2.24) is 5.32 Å². The molecular formula is C19H19BrN2O4S. The van der Waals surface area contributed by atoms with Gasteiger partial charge in [-0.25, -0.2) is 0 Å². The first-order valence-electron chi connectivity index (χ1n) is 8.11. The first-order chi connectivity index (χ1) is 13.0. The van der Waals surface area contributed by atoms with Gasteiger partial charge in [-0.1, -0.05) is 30.3 Å². The van der Waals surface area contributed by atoms with Crippen LogP contribution in [0, 0.1) is 6.92 Å². The molecule has 0 bridgehead atoms. The van der Waals surface area contributed by atoms with Crippen molar-refractivity contribution in [1.29, 1.82) is 0 Å². The number of hydrogen-bond acceptors (Lipinski definition) is 5. The van der Waals surface area contributed by atoms with E-state index in [1.807, 2.05) is 37.3 Å². The molecule has 0 saturated carbocycles. The van der Waals surface area contributed by atoms with Crippen molar-refractivity contribution in [3.8, 4) is 0 Å². The van der Waals surface area contributed by atoms with E-state index in [4.69, 9.17) is 4.74 Å². The number of nitrogens with one attached hydrogen (secondary N) is 2. The highest BCUT2D eigenvalue weighted by molar-refractivity contribution is 9.10. The Hall–Kier alpha value is -2.32. The Morgan fingerprint density at radius 3 is 2.48 bits per heavy atom. The maximum atomic E-state index is 11.8. The molecule has 0 spiro atoms. The number of amides is 2. The number of para-hydroxylation sites is 1. The Morgan fingerprint density at radius 2 is 1.74 bits per heavy atom. The van der Waals surface area contributed by atoms with Gasteiger partial charge in [0.25, 0.3) is 5.91 Å². The van der Waals surface area contributed by atoms with Gasteiger partial charge in [-0.15, -0.1) is 11.8 Å². The quantitative estimate of drug-likeness (QED) is 0.476. The van der Waals surface area contributed by atoms with Gasteiger partial charge in [0.1, 0.15) is 0 Å². The summed E-state index contributed by atoms with van der Waals surface area (Å²) in [7, 11) is 0. The maximum absolute atomic E-state index is 11.8. The van der Waals surface area contributed by atoms with Crippen molar-refractivity contribution in [2.75, 3.05) is 24.2 Å². The van der Waals surface area contributed by atoms with E-state index in [1.165, 1.54) is 11.8 Å². The minimum Gasteiger partial charge on any atom is -0.455 e. The second-order valence-corrected chi connectivity index (χ2v) is 7.39. The number of carbonyl (C=O) groups excluding carboxylic acids is 3. The van der Waals surface area contributed by atoms with Crippen LogP contribution in [0.1, 0.15) is 5.56 Å². The van der Waals surface area contributed by atoms with Crippen LogP contribution in [0.3, 0.4) is 0 Å². The number of benzene rings is 2. The van der Waals surface area contributed by atoms with Gasteiger partial charge < -0.3 is 15.4 Å². The summed E-state index contributed by atoms with van der Waals surface area (Å²) >= 11 is 4.67. The van der Waals surface area contributed by atoms with Crippen LogP contribution in [0.5, 0.6) is 0 Å². The van der Waals surface area contributed by atoms with Gasteiger partial charge in [0.2, 0.25) is 5.91 Å². The zero-order chi connectivity index (χ0) is 19.6. The normalized spacial score (nSPS) is 10.1. The van der Waals surface area contributed by atoms with Crippen LogP contribution in [0.15, 0.2) is 57.9 Å². The molecule has 0 aliphatic rings. The fraction of sp³-hybridized carbons (Fsp3) is 0.211. The van der Waals surface area contributed by atoms with Gasteiger partial charge in [-0.3, -0.25) is 14.4 Å². The predicted molar refractivity (Wildman–Crippen MR) is 109 cm³/mol. The second-order valence-electron chi connectivity index (χ2n) is 5.52. The number of rotatable bonds is 8. The van der Waals surface area contributed by atoms with Crippen molar-refractivity contribution in [2.24, 2.45) is 0 Å². The maximum Gasteiger partial charge on any atom is 0.316 e. The third kappa shape index (κ3) is 7.44. The van der Waals surface area contributed by atoms with Crippen molar-refractivity contribution < 1.29 is 19.1 Å². The van der Waals surface area contributed by atoms with Crippen molar-refractivity contribution >= 4 is 51.2 Å². The summed E-state index contributed by atoms with van der Waals surface area (Å²) in [6.45, 7) is 1.32. The van der Waals surface area contributed by atoms with Gasteiger partial charge >= 0.3 is 5.97 Å². The largest absolute Gasteiger partial charge is 0.455 e. The first kappa shape index (κ1) is 21.0. The molecule has 2 rings (SSSR count). The second kappa shape index (κ2) is 10.7. The summed E-state index contributed by atoms with van der Waals surface area (Å²) in [4.78, 5) is 36.3. The van der Waals surface area contributed by atoms with E-state index >= 15 is 0 Å². The Balaban J connectivity index is 1.65. The van der Waals surface area contributed by atoms with Gasteiger partial charge in [-0.2, -0.15) is 0 Å². The van der Waals surface area contributed by atoms with Crippen LogP contribution in [-0.4, -0.2) is 36.7 Å². The highest BCUT2D eigenvalue weighted by Gasteiger charge is 2.11. The lowest BCUT2D eigenvalue weighted by molar-refractivity contribution is -0.146. The lowest BCUT2D eigenvalue weighted by Crippen LogP contribution is -2.35. The summed E-state index contributed by atoms with van der Waals surface area (Å²) in [5.74, 6) is -1.29. The predicted octanol–water partition coefficient (Wildman–Crippen LogP) is 3.15. The molecule has 0 atom stereocenters. The SMILES string of the molecule is Cc1ccccc1SCC(=O)OCC(=O)NCC(=O)Nc1ccccc1Br. The molecule has 0 heterocycles. The molecule has 0 radical (unpaired) electrons. The molecule has 0 saturated heterocycles. The standard InChI is InChI=1S/C19H19BrN2O4S/c1-13-6-2-5-9-16(13)27-12-19(25)26-11-18(24)21-10-17(23)22-15-8-4-3-7-14(15)20/h2-9H,10-12H2,1H3,(H,21,24)(H,22,23). The van der Waals surface area contributed by atoms with E-state index < -0.39 is 18.5 Å². The molecule has 0 unspecified atom stereocenters. The highest BCUT2D eigenvalue weighted by Crippen LogP contribution is 2.22. The molecule has 0 fully saturated rings. The molecule has 27 heavy (non-hydrogen) atoms. The van der Waals surface area contributed by atoms with Crippen LogP contribution in [0.4, 0.5) is 5.69 Å². The number of halogens is 1. The zero-order valence-corrected chi connectivity index (χ0v) is 17.1. The van der Waals surface area contributed by atoms with Crippen molar-refractivity contribution in [3.63, 3.8) is 0 Å². The molecule has 2 aromatic rings. The summed E-state index contributed by atoms with van der Waals surface area (Å²) in [5, 5.41) is 5.07. The molecule has 0 aliphatic heterocycles. The Kier molecular flexibility index (Phi) is 8.35. The van der Waals surface area contributed by atoms with E-state index in [0.29, 0.717) is 5.69 Å². The number of hydrogen-bond donors (Lipinski definition) is 2. The van der Waals surface area contributed by atoms with Crippen LogP contribution < -0.4 is 10.6 Å². The molecular weight excluding hydrogens is 432 g/mol. The summed E-state index contributed by atoms with van der Waals surface area (Å²) in [6, 6.07) is 14.8. The zero-order valence-electron chi connectivity index (χ0n) is 14.7. The van der Waals surface area contributed by atoms with Crippen LogP contribution in [-0.2, 0) is 19.1 Å². The van der Waals surface area contributed by atoms with Gasteiger partial charge in [0.05, 0.1) is 18.0 Å². The smallest absolute Gasteiger partial charge is 0.316 e. The minimum atomic E-state index is -0.536. The Bertz CT molecular complexity index is 829. The third-order valence-corrected chi connectivity index (χ3v) is 5.24. The summed E-state index contributed by atoms with van der Waals surface area (Å²) in [5.41, 5.74) is 1.68. The number of carbonyl (C=O) groups is 3. The van der Waals surface area contributed by atoms with Crippen LogP contribution >= 0.6 is 27.7 Å². The number of thioether (sulfide) groups is 1. The van der Waals surface area contributed by atoms with Crippen LogP contribution in [0.2, 0.25) is 0 Å². The van der Waals surface area contributed by atoms with Gasteiger partial charge in [0.15, 0.2) is 6.61 Å². The molecule has 6 nitrogen and oxygen atoms in total. The van der Waals surface area contributed by atoms with Gasteiger partial charge in [0, 0.05) is 9.37 Å². The number of ether oxygens (including phenoxy) is 1. The average Bonchev–Trinajstić information content (AvgIpc) is 2.66. The summed E-state index contributed by atoms with van der Waals surface area (Å²) < 4.78 is 5.66. The van der Waals surface area contributed by atoms with E-state index in [1.54, 1.807) is 18.2 Å². The lowest BCUT2D eigenvalue weighted by Gasteiger charge is -2.09. The van der Waals surface area contributed by atoms with Gasteiger partial charge in [-0.05, 0) is 46.6 Å². The van der Waals surface area contributed by atoms with Crippen molar-refractivity contribution in [3.05, 3.63) is 58.6 Å². The molecule has 0 aromatic heterocycles. The van der Waals surface area contributed by atoms with Crippen LogP contribution in [0.25, 0.3) is 0 Å². The average molecular weight is 451 g/mol. The lowest BCUT2D eigenvalue weighted by atomic mass is 10.2. The van der Waals surface area contributed by atoms with E-state index in [9.17, 15) is 14.4 Å². The summed E-state index contributed by atoms with van der Waals surface area (Å²) in [6.07, 6.45) is 0. The number of aryl methyl sites for hydroxylation is 1.